The molecule has 0 bridgehead atoms. The van der Waals surface area contributed by atoms with Crippen molar-refractivity contribution < 1.29 is 41.0 Å². The Bertz CT molecular complexity index is 1640. The van der Waals surface area contributed by atoms with Gasteiger partial charge in [-0.05, 0) is 73.7 Å². The lowest BCUT2D eigenvalue weighted by Crippen LogP contribution is -2.50. The topological polar surface area (TPSA) is 128 Å². The van der Waals surface area contributed by atoms with Gasteiger partial charge in [0.25, 0.3) is 15.9 Å². The van der Waals surface area contributed by atoms with E-state index in [9.17, 15) is 36.3 Å². The molecule has 0 fully saturated rings. The average Bonchev–Trinajstić information content (AvgIpc) is 2.98. The maximum absolute atomic E-state index is 13.7. The molecule has 0 aromatic heterocycles. The van der Waals surface area contributed by atoms with Crippen molar-refractivity contribution in [3.05, 3.63) is 82.9 Å². The van der Waals surface area contributed by atoms with Gasteiger partial charge in [0.1, 0.15) is 11.9 Å². The van der Waals surface area contributed by atoms with Crippen molar-refractivity contribution in [2.75, 3.05) is 36.8 Å². The lowest BCUT2D eigenvalue weighted by atomic mass is 9.99. The third-order valence-corrected chi connectivity index (χ3v) is 8.95. The van der Waals surface area contributed by atoms with Crippen LogP contribution in [0, 0.1) is 5.92 Å². The Kier molecular flexibility index (Phi) is 10.2. The lowest BCUT2D eigenvalue weighted by Gasteiger charge is -2.38. The molecule has 0 spiro atoms. The number of ether oxygens (including phenoxy) is 1. The van der Waals surface area contributed by atoms with Crippen LogP contribution in [0.2, 0.25) is 5.02 Å². The fourth-order valence-corrected chi connectivity index (χ4v) is 5.82. The van der Waals surface area contributed by atoms with Crippen LogP contribution in [-0.2, 0) is 16.2 Å². The molecule has 15 heteroatoms. The van der Waals surface area contributed by atoms with Crippen LogP contribution in [0.5, 0.6) is 5.75 Å². The van der Waals surface area contributed by atoms with Gasteiger partial charge in [-0.3, -0.25) is 9.52 Å². The third kappa shape index (κ3) is 8.18. The number of urea groups is 1. The summed E-state index contributed by atoms with van der Waals surface area (Å²) < 4.78 is 73.3. The van der Waals surface area contributed by atoms with Crippen LogP contribution in [0.3, 0.4) is 0 Å². The fraction of sp³-hybridized carbons (Fsp3) is 0.333. The molecule has 242 valence electrons. The highest BCUT2D eigenvalue weighted by molar-refractivity contribution is 7.92. The second-order valence-electron chi connectivity index (χ2n) is 10.8. The number of carbonyl (C=O) groups is 2. The minimum atomic E-state index is -4.51. The maximum atomic E-state index is 13.7. The Morgan fingerprint density at radius 1 is 1.11 bits per heavy atom. The van der Waals surface area contributed by atoms with E-state index in [0.29, 0.717) is 5.02 Å². The maximum Gasteiger partial charge on any atom is 0.416 e. The molecule has 1 aliphatic rings. The molecule has 0 saturated carbocycles. The molecule has 1 heterocycles. The monoisotopic (exact) mass is 668 g/mol. The summed E-state index contributed by atoms with van der Waals surface area (Å²) in [5, 5.41) is 12.8. The molecule has 1 aliphatic heterocycles. The molecule has 0 radical (unpaired) electrons. The van der Waals surface area contributed by atoms with Crippen LogP contribution in [0.1, 0.15) is 29.8 Å². The van der Waals surface area contributed by atoms with E-state index in [1.807, 2.05) is 6.92 Å². The summed E-state index contributed by atoms with van der Waals surface area (Å²) in [4.78, 5) is 29.3. The van der Waals surface area contributed by atoms with E-state index in [1.165, 1.54) is 59.3 Å². The zero-order chi connectivity index (χ0) is 33.1. The van der Waals surface area contributed by atoms with Gasteiger partial charge in [-0.15, -0.1) is 0 Å². The van der Waals surface area contributed by atoms with Gasteiger partial charge in [0.2, 0.25) is 0 Å². The number of aliphatic hydroxyl groups is 1. The Balaban J connectivity index is 1.57. The summed E-state index contributed by atoms with van der Waals surface area (Å²) in [5.74, 6) is -0.698. The number of nitrogens with zero attached hydrogens (tertiary/aromatic N) is 2. The number of aliphatic hydroxyl groups excluding tert-OH is 1. The minimum Gasteiger partial charge on any atom is -0.487 e. The first-order valence-corrected chi connectivity index (χ1v) is 15.7. The van der Waals surface area contributed by atoms with Gasteiger partial charge in [-0.1, -0.05) is 18.5 Å². The Labute approximate surface area is 263 Å². The number of fused-ring (bicyclic) bond motifs is 1. The van der Waals surface area contributed by atoms with E-state index in [-0.39, 0.29) is 53.2 Å². The standard InChI is InChI=1S/C30H32ClF3N4O6S/c1-18-15-38(19(2)17-39)28(40)25-14-23(36-45(42,43)24-11-6-21(31)7-12-24)10-13-26(25)44-27(18)16-37(3)29(41)35-22-8-4-20(5-9-22)30(32,33)34/h4-14,18-19,27,36,39H,15-17H2,1-3H3,(H,35,41)/t18-,19+,27+/m1/s1. The van der Waals surface area contributed by atoms with Crippen LogP contribution >= 0.6 is 11.6 Å². The number of anilines is 2. The quantitative estimate of drug-likeness (QED) is 0.289. The van der Waals surface area contributed by atoms with Crippen molar-refractivity contribution in [2.24, 2.45) is 5.92 Å². The number of hydrogen-bond acceptors (Lipinski definition) is 6. The summed E-state index contributed by atoms with van der Waals surface area (Å²) in [6.07, 6.45) is -5.18. The zero-order valence-electron chi connectivity index (χ0n) is 24.5. The van der Waals surface area contributed by atoms with Crippen LogP contribution in [0.4, 0.5) is 29.3 Å². The molecule has 10 nitrogen and oxygen atoms in total. The number of benzene rings is 3. The van der Waals surface area contributed by atoms with E-state index in [2.05, 4.69) is 10.0 Å². The molecule has 3 aromatic carbocycles. The van der Waals surface area contributed by atoms with Gasteiger partial charge in [0.05, 0.1) is 35.2 Å². The van der Waals surface area contributed by atoms with E-state index < -0.39 is 45.8 Å². The first-order chi connectivity index (χ1) is 21.1. The summed E-state index contributed by atoms with van der Waals surface area (Å²) in [5.41, 5.74) is -0.545. The highest BCUT2D eigenvalue weighted by Gasteiger charge is 2.35. The van der Waals surface area contributed by atoms with Crippen molar-refractivity contribution in [1.29, 1.82) is 0 Å². The fourth-order valence-electron chi connectivity index (χ4n) is 4.65. The Morgan fingerprint density at radius 2 is 1.73 bits per heavy atom. The van der Waals surface area contributed by atoms with Crippen molar-refractivity contribution in [3.8, 4) is 5.75 Å². The third-order valence-electron chi connectivity index (χ3n) is 7.30. The van der Waals surface area contributed by atoms with Gasteiger partial charge in [0.15, 0.2) is 0 Å². The van der Waals surface area contributed by atoms with E-state index >= 15 is 0 Å². The number of alkyl halides is 3. The second kappa shape index (κ2) is 13.5. The summed E-state index contributed by atoms with van der Waals surface area (Å²) in [7, 11) is -2.54. The molecule has 4 rings (SSSR count). The first kappa shape index (κ1) is 33.9. The minimum absolute atomic E-state index is 0.0214. The number of halogens is 4. The normalized spacial score (nSPS) is 17.8. The average molecular weight is 669 g/mol. The van der Waals surface area contributed by atoms with Crippen molar-refractivity contribution in [3.63, 3.8) is 0 Å². The van der Waals surface area contributed by atoms with Crippen LogP contribution in [-0.4, -0.2) is 74.2 Å². The van der Waals surface area contributed by atoms with E-state index in [0.717, 1.165) is 24.3 Å². The Morgan fingerprint density at radius 3 is 2.33 bits per heavy atom. The predicted octanol–water partition coefficient (Wildman–Crippen LogP) is 5.54. The highest BCUT2D eigenvalue weighted by atomic mass is 35.5. The highest BCUT2D eigenvalue weighted by Crippen LogP contribution is 2.32. The van der Waals surface area contributed by atoms with Gasteiger partial charge in [-0.25, -0.2) is 13.2 Å². The number of carbonyl (C=O) groups excluding carboxylic acids is 2. The summed E-state index contributed by atoms with van der Waals surface area (Å²) >= 11 is 5.87. The van der Waals surface area contributed by atoms with Crippen LogP contribution < -0.4 is 14.8 Å². The smallest absolute Gasteiger partial charge is 0.416 e. The molecule has 3 amide bonds. The molecule has 0 aliphatic carbocycles. The van der Waals surface area contributed by atoms with Gasteiger partial charge >= 0.3 is 12.2 Å². The van der Waals surface area contributed by atoms with Gasteiger partial charge < -0.3 is 25.0 Å². The molecule has 3 N–H and O–H groups in total. The number of hydrogen-bond donors (Lipinski definition) is 3. The Hall–Kier alpha value is -4.01. The molecule has 3 aromatic rings. The molecular formula is C30H32ClF3N4O6S. The summed E-state index contributed by atoms with van der Waals surface area (Å²) in [6, 6.07) is 12.6. The van der Waals surface area contributed by atoms with E-state index in [1.54, 1.807) is 6.92 Å². The van der Waals surface area contributed by atoms with Crippen molar-refractivity contribution in [1.82, 2.24) is 9.80 Å². The van der Waals surface area contributed by atoms with Gasteiger partial charge in [-0.2, -0.15) is 13.2 Å². The molecular weight excluding hydrogens is 637 g/mol. The molecule has 0 saturated heterocycles. The predicted molar refractivity (Wildman–Crippen MR) is 163 cm³/mol. The number of sulfonamides is 1. The van der Waals surface area contributed by atoms with Crippen LogP contribution in [0.15, 0.2) is 71.6 Å². The summed E-state index contributed by atoms with van der Waals surface area (Å²) in [6.45, 7) is 3.31. The molecule has 3 atom stereocenters. The lowest BCUT2D eigenvalue weighted by molar-refractivity contribution is -0.137. The number of amides is 3. The zero-order valence-corrected chi connectivity index (χ0v) is 26.1. The number of rotatable bonds is 8. The van der Waals surface area contributed by atoms with Crippen molar-refractivity contribution in [2.45, 2.75) is 37.1 Å². The SMILES string of the molecule is C[C@@H]1CN([C@@H](C)CO)C(=O)c2cc(NS(=O)(=O)c3ccc(Cl)cc3)ccc2O[C@H]1CN(C)C(=O)Nc1ccc(C(F)(F)F)cc1. The molecule has 45 heavy (non-hydrogen) atoms. The van der Waals surface area contributed by atoms with Crippen molar-refractivity contribution >= 4 is 44.9 Å². The second-order valence-corrected chi connectivity index (χ2v) is 12.9. The van der Waals surface area contributed by atoms with Crippen LogP contribution in [0.25, 0.3) is 0 Å². The van der Waals surface area contributed by atoms with E-state index in [4.69, 9.17) is 16.3 Å². The largest absolute Gasteiger partial charge is 0.487 e. The number of likely N-dealkylation sites (N-methyl/N-ethyl adjacent to an activating group) is 1. The number of nitrogens with one attached hydrogen (secondary N) is 2. The van der Waals surface area contributed by atoms with Gasteiger partial charge in [0, 0.05) is 35.9 Å². The molecule has 0 unspecified atom stereocenters. The first-order valence-electron chi connectivity index (χ1n) is 13.8.